The molecule has 0 saturated carbocycles. The number of hydrogen-bond acceptors (Lipinski definition) is 6. The van der Waals surface area contributed by atoms with Crippen molar-refractivity contribution >= 4 is 29.3 Å². The van der Waals surface area contributed by atoms with Crippen LogP contribution in [-0.4, -0.2) is 61.2 Å². The highest BCUT2D eigenvalue weighted by molar-refractivity contribution is 5.93. The summed E-state index contributed by atoms with van der Waals surface area (Å²) in [6.07, 6.45) is 3.30. The van der Waals surface area contributed by atoms with Crippen molar-refractivity contribution in [2.75, 3.05) is 43.9 Å². The third kappa shape index (κ3) is 11.0. The van der Waals surface area contributed by atoms with Gasteiger partial charge in [0.25, 0.3) is 0 Å². The van der Waals surface area contributed by atoms with Crippen LogP contribution in [0.4, 0.5) is 16.2 Å². The van der Waals surface area contributed by atoms with Crippen molar-refractivity contribution in [3.8, 4) is 0 Å². The van der Waals surface area contributed by atoms with E-state index in [0.717, 1.165) is 62.8 Å². The third-order valence-corrected chi connectivity index (χ3v) is 7.01. The first-order chi connectivity index (χ1) is 20.6. The van der Waals surface area contributed by atoms with Crippen molar-refractivity contribution in [1.29, 1.82) is 0 Å². The zero-order valence-corrected chi connectivity index (χ0v) is 24.2. The van der Waals surface area contributed by atoms with Gasteiger partial charge in [0.1, 0.15) is 6.61 Å². The lowest BCUT2D eigenvalue weighted by molar-refractivity contribution is -0.121. The monoisotopic (exact) mass is 574 g/mol. The van der Waals surface area contributed by atoms with Crippen molar-refractivity contribution in [3.63, 3.8) is 0 Å². The van der Waals surface area contributed by atoms with E-state index >= 15 is 0 Å². The molecule has 9 heteroatoms. The Balaban J connectivity index is 0.000000243. The molecule has 2 aliphatic rings. The van der Waals surface area contributed by atoms with Gasteiger partial charge in [-0.25, -0.2) is 4.79 Å². The predicted octanol–water partition coefficient (Wildman–Crippen LogP) is 4.91. The normalized spacial score (nSPS) is 17.7. The Labute approximate surface area is 248 Å². The molecule has 2 aliphatic heterocycles. The molecule has 224 valence electrons. The number of likely N-dealkylation sites (tertiary alicyclic amines) is 1. The summed E-state index contributed by atoms with van der Waals surface area (Å²) in [6.45, 7) is 3.11. The minimum absolute atomic E-state index is 0.0493. The number of amides is 3. The third-order valence-electron chi connectivity index (χ3n) is 7.01. The molecule has 0 aromatic heterocycles. The summed E-state index contributed by atoms with van der Waals surface area (Å²) in [5.74, 6) is -0.00246. The molecule has 4 N–H and O–H groups in total. The Morgan fingerprint density at radius 2 is 1.31 bits per heavy atom. The molecule has 0 radical (unpaired) electrons. The smallest absolute Gasteiger partial charge is 0.410 e. The molecule has 2 atom stereocenters. The van der Waals surface area contributed by atoms with Crippen LogP contribution in [0.5, 0.6) is 0 Å². The topological polar surface area (TPSA) is 120 Å². The number of aliphatic hydroxyl groups excluding tert-OH is 1. The lowest BCUT2D eigenvalue weighted by Gasteiger charge is -2.31. The maximum Gasteiger partial charge on any atom is 0.410 e. The molecule has 9 nitrogen and oxygen atoms in total. The van der Waals surface area contributed by atoms with Gasteiger partial charge in [0.2, 0.25) is 11.8 Å². The van der Waals surface area contributed by atoms with E-state index in [1.165, 1.54) is 0 Å². The van der Waals surface area contributed by atoms with Gasteiger partial charge in [-0.3, -0.25) is 9.59 Å². The lowest BCUT2D eigenvalue weighted by atomic mass is 9.97. The summed E-state index contributed by atoms with van der Waals surface area (Å²) in [7, 11) is 1.00. The largest absolute Gasteiger partial charge is 0.445 e. The highest BCUT2D eigenvalue weighted by Crippen LogP contribution is 2.20. The number of ether oxygens (including phenoxy) is 1. The number of anilines is 2. The van der Waals surface area contributed by atoms with Gasteiger partial charge in [0.15, 0.2) is 0 Å². The van der Waals surface area contributed by atoms with Crippen molar-refractivity contribution < 1.29 is 24.2 Å². The number of para-hydroxylation sites is 2. The fourth-order valence-electron chi connectivity index (χ4n) is 4.77. The lowest BCUT2D eigenvalue weighted by Crippen LogP contribution is -2.43. The molecule has 2 saturated heterocycles. The Hall–Kier alpha value is -4.21. The van der Waals surface area contributed by atoms with E-state index in [-0.39, 0.29) is 36.4 Å². The average Bonchev–Trinajstić information content (AvgIpc) is 3.07. The van der Waals surface area contributed by atoms with Gasteiger partial charge in [-0.05, 0) is 62.1 Å². The molecule has 3 aromatic carbocycles. The second kappa shape index (κ2) is 18.3. The van der Waals surface area contributed by atoms with Gasteiger partial charge in [0.05, 0.1) is 11.8 Å². The Morgan fingerprint density at radius 1 is 0.786 bits per heavy atom. The second-order valence-electron chi connectivity index (χ2n) is 10.1. The first-order valence-electron chi connectivity index (χ1n) is 14.4. The number of carbonyl (C=O) groups excluding carboxylic acids is 3. The molecule has 0 bridgehead atoms. The number of hydrogen-bond donors (Lipinski definition) is 4. The van der Waals surface area contributed by atoms with Crippen molar-refractivity contribution in [1.82, 2.24) is 10.2 Å². The molecule has 0 spiro atoms. The maximum atomic E-state index is 12.4. The maximum absolute atomic E-state index is 12.4. The molecule has 3 aromatic rings. The summed E-state index contributed by atoms with van der Waals surface area (Å²) in [6, 6.07) is 28.6. The molecule has 0 aliphatic carbocycles. The molecule has 5 rings (SSSR count). The second-order valence-corrected chi connectivity index (χ2v) is 10.1. The van der Waals surface area contributed by atoms with Gasteiger partial charge in [-0.15, -0.1) is 0 Å². The van der Waals surface area contributed by atoms with Gasteiger partial charge >= 0.3 is 6.09 Å². The fraction of sp³-hybridized carbons (Fsp3) is 0.364. The summed E-state index contributed by atoms with van der Waals surface area (Å²) in [5, 5.41) is 16.1. The van der Waals surface area contributed by atoms with Crippen LogP contribution in [0.15, 0.2) is 91.0 Å². The van der Waals surface area contributed by atoms with Crippen molar-refractivity contribution in [3.05, 3.63) is 96.6 Å². The molecule has 2 unspecified atom stereocenters. The molecule has 42 heavy (non-hydrogen) atoms. The molecular formula is C33H42N4O5. The summed E-state index contributed by atoms with van der Waals surface area (Å²) in [5.41, 5.74) is 2.61. The standard InChI is InChI=1S/C20H22N2O3.C12H16N2O.CH4O/c23-19(21-18-11-5-2-6-12-18)17-10-7-13-22(14-17)20(24)25-15-16-8-3-1-4-9-16;15-12(10-5-4-8-13-9-10)14-11-6-2-1-3-7-11;1-2/h1-6,8-9,11-12,17H,7,10,13-15H2,(H,21,23);1-3,6-7,10,13H,4-5,8-9H2,(H,14,15);2H,1H3. The van der Waals surface area contributed by atoms with E-state index in [1.54, 1.807) is 4.90 Å². The van der Waals surface area contributed by atoms with Gasteiger partial charge in [-0.2, -0.15) is 0 Å². The molecule has 3 amide bonds. The molecule has 2 heterocycles. The van der Waals surface area contributed by atoms with Crippen LogP contribution in [0.3, 0.4) is 0 Å². The van der Waals surface area contributed by atoms with E-state index in [4.69, 9.17) is 9.84 Å². The van der Waals surface area contributed by atoms with Crippen molar-refractivity contribution in [2.24, 2.45) is 11.8 Å². The Morgan fingerprint density at radius 3 is 1.86 bits per heavy atom. The van der Waals surface area contributed by atoms with E-state index in [9.17, 15) is 14.4 Å². The minimum atomic E-state index is -0.360. The number of piperidine rings is 2. The summed E-state index contributed by atoms with van der Waals surface area (Å²) >= 11 is 0. The van der Waals surface area contributed by atoms with E-state index in [2.05, 4.69) is 16.0 Å². The average molecular weight is 575 g/mol. The van der Waals surface area contributed by atoms with E-state index < -0.39 is 0 Å². The SMILES string of the molecule is CO.O=C(Nc1ccccc1)C1CCCN(C(=O)OCc2ccccc2)C1.O=C(Nc1ccccc1)C1CCCNC1. The first kappa shape index (κ1) is 32.3. The summed E-state index contributed by atoms with van der Waals surface area (Å²) < 4.78 is 5.37. The quantitative estimate of drug-likeness (QED) is 0.332. The Bertz CT molecular complexity index is 1200. The Kier molecular flexibility index (Phi) is 14.1. The highest BCUT2D eigenvalue weighted by atomic mass is 16.6. The molecular weight excluding hydrogens is 532 g/mol. The number of nitrogens with zero attached hydrogens (tertiary/aromatic N) is 1. The van der Waals surface area contributed by atoms with Gasteiger partial charge in [-0.1, -0.05) is 66.7 Å². The highest BCUT2D eigenvalue weighted by Gasteiger charge is 2.29. The van der Waals surface area contributed by atoms with Crippen LogP contribution < -0.4 is 16.0 Å². The zero-order valence-electron chi connectivity index (χ0n) is 24.2. The van der Waals surface area contributed by atoms with Crippen LogP contribution in [-0.2, 0) is 20.9 Å². The van der Waals surface area contributed by atoms with Gasteiger partial charge < -0.3 is 30.7 Å². The predicted molar refractivity (Wildman–Crippen MR) is 165 cm³/mol. The van der Waals surface area contributed by atoms with Crippen LogP contribution in [0.25, 0.3) is 0 Å². The number of rotatable bonds is 6. The first-order valence-corrected chi connectivity index (χ1v) is 14.4. The summed E-state index contributed by atoms with van der Waals surface area (Å²) in [4.78, 5) is 38.1. The number of benzene rings is 3. The van der Waals surface area contributed by atoms with E-state index in [1.807, 2.05) is 91.0 Å². The number of nitrogens with one attached hydrogen (secondary N) is 3. The van der Waals surface area contributed by atoms with Crippen LogP contribution >= 0.6 is 0 Å². The van der Waals surface area contributed by atoms with Crippen molar-refractivity contribution in [2.45, 2.75) is 32.3 Å². The fourth-order valence-corrected chi connectivity index (χ4v) is 4.77. The van der Waals surface area contributed by atoms with Gasteiger partial charge in [0, 0.05) is 38.1 Å². The number of aliphatic hydroxyl groups is 1. The van der Waals surface area contributed by atoms with E-state index in [0.29, 0.717) is 13.1 Å². The van der Waals surface area contributed by atoms with Crippen LogP contribution in [0.2, 0.25) is 0 Å². The zero-order chi connectivity index (χ0) is 30.0. The number of carbonyl (C=O) groups is 3. The van der Waals surface area contributed by atoms with Crippen LogP contribution in [0, 0.1) is 11.8 Å². The van der Waals surface area contributed by atoms with Crippen LogP contribution in [0.1, 0.15) is 31.2 Å². The minimum Gasteiger partial charge on any atom is -0.445 e. The molecule has 2 fully saturated rings.